The van der Waals surface area contributed by atoms with Crippen LogP contribution < -0.4 is 10.6 Å². The average Bonchev–Trinajstić information content (AvgIpc) is 2.76. The minimum atomic E-state index is -0.309. The predicted molar refractivity (Wildman–Crippen MR) is 132 cm³/mol. The summed E-state index contributed by atoms with van der Waals surface area (Å²) in [4.78, 5) is 27.6. The highest BCUT2D eigenvalue weighted by Crippen LogP contribution is 2.14. The van der Waals surface area contributed by atoms with Crippen molar-refractivity contribution in [3.8, 4) is 0 Å². The molecule has 0 aromatic rings. The maximum atomic E-state index is 12.5. The Labute approximate surface area is 185 Å². The van der Waals surface area contributed by atoms with Crippen molar-refractivity contribution >= 4 is 18.0 Å². The smallest absolute Gasteiger partial charge is 0.257 e. The fraction of sp³-hybridized carbons (Fsp3) is 0.115. The first-order valence-electron chi connectivity index (χ1n) is 9.54. The van der Waals surface area contributed by atoms with Gasteiger partial charge in [0.15, 0.2) is 0 Å². The summed E-state index contributed by atoms with van der Waals surface area (Å²) in [5, 5.41) is 5.46. The summed E-state index contributed by atoms with van der Waals surface area (Å²) in [5.41, 5.74) is 2.99. The molecule has 0 unspecified atom stereocenters. The third kappa shape index (κ3) is 10.9. The van der Waals surface area contributed by atoms with E-state index in [-0.39, 0.29) is 11.8 Å². The lowest BCUT2D eigenvalue weighted by Crippen LogP contribution is -2.24. The number of allylic oxidation sites excluding steroid dienone is 13. The Morgan fingerprint density at radius 3 is 1.65 bits per heavy atom. The van der Waals surface area contributed by atoms with E-state index in [4.69, 9.17) is 0 Å². The molecule has 5 heteroatoms. The summed E-state index contributed by atoms with van der Waals surface area (Å²) in [7, 11) is 1.60. The topological polar surface area (TPSA) is 70.6 Å². The summed E-state index contributed by atoms with van der Waals surface area (Å²) in [6, 6.07) is 0. The average molecular weight is 418 g/mol. The van der Waals surface area contributed by atoms with Gasteiger partial charge in [0.25, 0.3) is 5.91 Å². The van der Waals surface area contributed by atoms with Crippen LogP contribution in [0.3, 0.4) is 0 Å². The molecule has 0 aliphatic carbocycles. The molecule has 2 amide bonds. The molecule has 0 bridgehead atoms. The molecule has 0 saturated heterocycles. The van der Waals surface area contributed by atoms with E-state index >= 15 is 0 Å². The number of aliphatic imine (C=N–C) groups is 1. The zero-order chi connectivity index (χ0) is 23.6. The normalized spacial score (nSPS) is 13.8. The molecule has 2 N–H and O–H groups in total. The summed E-state index contributed by atoms with van der Waals surface area (Å²) in [6.45, 7) is 18.4. The number of carbonyl (C=O) groups excluding carboxylic acids is 2. The van der Waals surface area contributed by atoms with Gasteiger partial charge in [0.05, 0.1) is 5.57 Å². The molecule has 0 aromatic heterocycles. The molecule has 0 aliphatic rings. The quantitative estimate of drug-likeness (QED) is 0.272. The van der Waals surface area contributed by atoms with Crippen LogP contribution in [0.25, 0.3) is 0 Å². The first-order chi connectivity index (χ1) is 14.9. The van der Waals surface area contributed by atoms with Crippen molar-refractivity contribution in [2.75, 3.05) is 7.05 Å². The summed E-state index contributed by atoms with van der Waals surface area (Å²) in [5.74, 6) is -0.499. The molecule has 0 aromatic carbocycles. The van der Waals surface area contributed by atoms with E-state index < -0.39 is 0 Å². The van der Waals surface area contributed by atoms with E-state index in [0.717, 1.165) is 11.1 Å². The Hall–Kier alpha value is -3.99. The second-order valence-electron chi connectivity index (χ2n) is 5.97. The monoisotopic (exact) mass is 417 g/mol. The number of nitrogens with one attached hydrogen (secondary N) is 2. The molecule has 0 saturated carbocycles. The van der Waals surface area contributed by atoms with Crippen LogP contribution in [0.15, 0.2) is 126 Å². The number of hydrogen-bond donors (Lipinski definition) is 2. The van der Waals surface area contributed by atoms with Crippen molar-refractivity contribution in [1.29, 1.82) is 0 Å². The van der Waals surface area contributed by atoms with E-state index in [9.17, 15) is 9.59 Å². The highest BCUT2D eigenvalue weighted by atomic mass is 16.2. The number of hydrogen-bond acceptors (Lipinski definition) is 3. The van der Waals surface area contributed by atoms with Gasteiger partial charge in [0.1, 0.15) is 0 Å². The number of amides is 2. The first-order valence-corrected chi connectivity index (χ1v) is 9.54. The van der Waals surface area contributed by atoms with E-state index in [2.05, 4.69) is 41.9 Å². The molecule has 162 valence electrons. The molecule has 5 nitrogen and oxygen atoms in total. The summed E-state index contributed by atoms with van der Waals surface area (Å²) >= 11 is 0. The minimum Gasteiger partial charge on any atom is -0.326 e. The van der Waals surface area contributed by atoms with Crippen LogP contribution in [0.4, 0.5) is 0 Å². The van der Waals surface area contributed by atoms with E-state index in [0.29, 0.717) is 17.0 Å². The second-order valence-corrected chi connectivity index (χ2v) is 5.97. The Balaban J connectivity index is 5.87. The molecular weight excluding hydrogens is 386 g/mol. The van der Waals surface area contributed by atoms with Crippen molar-refractivity contribution in [2.45, 2.75) is 13.8 Å². The Kier molecular flexibility index (Phi) is 13.8. The third-order valence-corrected chi connectivity index (χ3v) is 3.67. The molecule has 0 radical (unpaired) electrons. The molecule has 0 atom stereocenters. The lowest BCUT2D eigenvalue weighted by atomic mass is 10.0. The predicted octanol–water partition coefficient (Wildman–Crippen LogP) is 4.81. The summed E-state index contributed by atoms with van der Waals surface area (Å²) in [6.07, 6.45) is 20.1. The Bertz CT molecular complexity index is 920. The first kappa shape index (κ1) is 27.0. The van der Waals surface area contributed by atoms with Crippen molar-refractivity contribution in [3.05, 3.63) is 121 Å². The molecular formula is C26H31N3O2. The van der Waals surface area contributed by atoms with Crippen LogP contribution in [0, 0.1) is 0 Å². The van der Waals surface area contributed by atoms with Gasteiger partial charge in [-0.1, -0.05) is 62.8 Å². The Morgan fingerprint density at radius 2 is 1.26 bits per heavy atom. The van der Waals surface area contributed by atoms with Gasteiger partial charge in [0, 0.05) is 31.6 Å². The van der Waals surface area contributed by atoms with Crippen LogP contribution in [-0.4, -0.2) is 25.1 Å². The van der Waals surface area contributed by atoms with E-state index in [1.165, 1.54) is 19.2 Å². The van der Waals surface area contributed by atoms with Crippen molar-refractivity contribution in [2.24, 2.45) is 4.99 Å². The van der Waals surface area contributed by atoms with Crippen LogP contribution in [0.5, 0.6) is 0 Å². The zero-order valence-corrected chi connectivity index (χ0v) is 18.5. The Morgan fingerprint density at radius 1 is 0.742 bits per heavy atom. The van der Waals surface area contributed by atoms with E-state index in [1.54, 1.807) is 61.7 Å². The summed E-state index contributed by atoms with van der Waals surface area (Å²) < 4.78 is 0. The maximum Gasteiger partial charge on any atom is 0.257 e. The molecule has 0 heterocycles. The molecule has 0 spiro atoms. The fourth-order valence-corrected chi connectivity index (χ4v) is 2.17. The molecule has 0 fully saturated rings. The largest absolute Gasteiger partial charge is 0.326 e. The minimum absolute atomic E-state index is 0.190. The number of nitrogens with zero attached hydrogens (tertiary/aromatic N) is 1. The van der Waals surface area contributed by atoms with E-state index in [1.807, 2.05) is 13.0 Å². The van der Waals surface area contributed by atoms with Crippen molar-refractivity contribution in [3.63, 3.8) is 0 Å². The van der Waals surface area contributed by atoms with Crippen LogP contribution in [0.1, 0.15) is 13.8 Å². The number of rotatable bonds is 12. The number of carbonyl (C=O) groups is 2. The standard InChI is InChI=1S/C26H31N3O2/c1-8-13-14-23(19-27-7)26(31)29-25(12-5)18-16-22(10-3)21(9-2)15-17-24(11-4)28-20(6)30/h8-19H,2-5H2,1,6-7H3,(H,28,30)(H,29,31)/b13-8-,21-15+,22-16+,23-14+,24-17+,25-18+,27-19-. The van der Waals surface area contributed by atoms with Gasteiger partial charge >= 0.3 is 0 Å². The van der Waals surface area contributed by atoms with Gasteiger partial charge in [-0.25, -0.2) is 0 Å². The lowest BCUT2D eigenvalue weighted by Gasteiger charge is -2.07. The van der Waals surface area contributed by atoms with Crippen LogP contribution >= 0.6 is 0 Å². The third-order valence-electron chi connectivity index (χ3n) is 3.67. The van der Waals surface area contributed by atoms with Crippen molar-refractivity contribution < 1.29 is 9.59 Å². The lowest BCUT2D eigenvalue weighted by molar-refractivity contribution is -0.118. The molecule has 0 rings (SSSR count). The van der Waals surface area contributed by atoms with Gasteiger partial charge in [-0.2, -0.15) is 0 Å². The van der Waals surface area contributed by atoms with Gasteiger partial charge in [-0.15, -0.1) is 0 Å². The highest BCUT2D eigenvalue weighted by Gasteiger charge is 2.07. The second kappa shape index (κ2) is 15.9. The van der Waals surface area contributed by atoms with Gasteiger partial charge in [-0.3, -0.25) is 14.6 Å². The molecule has 31 heavy (non-hydrogen) atoms. The van der Waals surface area contributed by atoms with Gasteiger partial charge < -0.3 is 10.6 Å². The van der Waals surface area contributed by atoms with Crippen LogP contribution in [-0.2, 0) is 9.59 Å². The zero-order valence-electron chi connectivity index (χ0n) is 18.5. The molecule has 0 aliphatic heterocycles. The van der Waals surface area contributed by atoms with Gasteiger partial charge in [-0.05, 0) is 48.5 Å². The fourth-order valence-electron chi connectivity index (χ4n) is 2.17. The van der Waals surface area contributed by atoms with Gasteiger partial charge in [0.2, 0.25) is 5.91 Å². The highest BCUT2D eigenvalue weighted by molar-refractivity contribution is 6.13. The SMILES string of the molecule is C=C\C(=C/C=C(C=C)/C(C=C)=C/C=C(\C=C)NC(=O)C(/C=N\C)=C/C=C\C)NC(C)=O. The van der Waals surface area contributed by atoms with Crippen molar-refractivity contribution in [1.82, 2.24) is 10.6 Å². The maximum absolute atomic E-state index is 12.5. The van der Waals surface area contributed by atoms with Crippen LogP contribution in [0.2, 0.25) is 0 Å².